The predicted octanol–water partition coefficient (Wildman–Crippen LogP) is 2.44. The Balaban J connectivity index is 2.04. The van der Waals surface area contributed by atoms with Gasteiger partial charge in [-0.25, -0.2) is 0 Å². The van der Waals surface area contributed by atoms with E-state index in [1.165, 1.54) is 19.3 Å². The lowest BCUT2D eigenvalue weighted by Crippen LogP contribution is -2.43. The topological polar surface area (TPSA) is 38.3 Å². The van der Waals surface area contributed by atoms with Gasteiger partial charge in [0.1, 0.15) is 11.4 Å². The molecular weight excluding hydrogens is 238 g/mol. The monoisotopic (exact) mass is 253 g/mol. The van der Waals surface area contributed by atoms with Gasteiger partial charge in [-0.05, 0) is 19.8 Å². The third-order valence-corrected chi connectivity index (χ3v) is 4.17. The summed E-state index contributed by atoms with van der Waals surface area (Å²) in [4.78, 5) is 2.17. The van der Waals surface area contributed by atoms with Crippen molar-refractivity contribution in [1.29, 1.82) is 0 Å². The highest BCUT2D eigenvalue weighted by molar-refractivity contribution is 6.32. The summed E-state index contributed by atoms with van der Waals surface area (Å²) in [6.07, 6.45) is 3.78. The molecule has 1 aliphatic heterocycles. The minimum atomic E-state index is 0.309. The van der Waals surface area contributed by atoms with Gasteiger partial charge in [0.05, 0.1) is 6.61 Å². The number of anilines is 1. The van der Waals surface area contributed by atoms with E-state index in [9.17, 15) is 0 Å². The Labute approximate surface area is 106 Å². The Morgan fingerprint density at radius 3 is 2.76 bits per heavy atom. The third kappa shape index (κ3) is 1.66. The Hall–Kier alpha value is -1.03. The molecule has 3 rings (SSSR count). The van der Waals surface area contributed by atoms with Gasteiger partial charge in [0.2, 0.25) is 0 Å². The Bertz CT molecular complexity index is 459. The highest BCUT2D eigenvalue weighted by Gasteiger charge is 2.42. The molecule has 1 fully saturated rings. The molecule has 2 heterocycles. The molecule has 92 valence electrons. The van der Waals surface area contributed by atoms with Crippen molar-refractivity contribution >= 4 is 17.3 Å². The van der Waals surface area contributed by atoms with Crippen LogP contribution in [0.1, 0.15) is 25.0 Å². The van der Waals surface area contributed by atoms with Crippen LogP contribution in [0.25, 0.3) is 0 Å². The number of aryl methyl sites for hydroxylation is 1. The van der Waals surface area contributed by atoms with Crippen molar-refractivity contribution in [1.82, 2.24) is 10.2 Å². The van der Waals surface area contributed by atoms with Crippen LogP contribution in [-0.2, 0) is 0 Å². The number of hydrogen-bond donors (Lipinski definition) is 0. The quantitative estimate of drug-likeness (QED) is 0.712. The van der Waals surface area contributed by atoms with Gasteiger partial charge in [0, 0.05) is 19.0 Å². The van der Waals surface area contributed by atoms with E-state index in [0.717, 1.165) is 30.3 Å². The van der Waals surface area contributed by atoms with Crippen LogP contribution in [-0.4, -0.2) is 30.4 Å². The third-order valence-electron chi connectivity index (χ3n) is 3.92. The van der Waals surface area contributed by atoms with Crippen molar-refractivity contribution in [2.24, 2.45) is 5.41 Å². The molecule has 0 saturated heterocycles. The van der Waals surface area contributed by atoms with Gasteiger partial charge in [0.15, 0.2) is 10.9 Å². The Morgan fingerprint density at radius 2 is 2.12 bits per heavy atom. The number of ether oxygens (including phenoxy) is 1. The van der Waals surface area contributed by atoms with Crippen LogP contribution >= 0.6 is 11.6 Å². The minimum Gasteiger partial charge on any atom is -0.489 e. The van der Waals surface area contributed by atoms with Crippen molar-refractivity contribution < 1.29 is 4.74 Å². The average molecular weight is 254 g/mol. The zero-order chi connectivity index (χ0) is 12.0. The van der Waals surface area contributed by atoms with Gasteiger partial charge < -0.3 is 9.64 Å². The molecule has 0 amide bonds. The SMILES string of the molecule is Cc1nnc(Cl)c2c1OCC1(CCC1)CN2C. The molecule has 1 spiro atoms. The second-order valence-corrected chi connectivity index (χ2v) is 5.61. The molecule has 1 aromatic rings. The summed E-state index contributed by atoms with van der Waals surface area (Å²) in [5.74, 6) is 0.802. The highest BCUT2D eigenvalue weighted by atomic mass is 35.5. The molecule has 1 aliphatic carbocycles. The van der Waals surface area contributed by atoms with Crippen molar-refractivity contribution in [2.75, 3.05) is 25.1 Å². The maximum atomic E-state index is 6.14. The lowest BCUT2D eigenvalue weighted by atomic mass is 9.69. The fourth-order valence-electron chi connectivity index (χ4n) is 2.81. The second kappa shape index (κ2) is 3.73. The lowest BCUT2D eigenvalue weighted by Gasteiger charge is -2.42. The molecule has 17 heavy (non-hydrogen) atoms. The van der Waals surface area contributed by atoms with E-state index in [0.29, 0.717) is 10.6 Å². The standard InChI is InChI=1S/C12H16ClN3O/c1-8-10-9(11(13)15-14-8)16(2)6-12(7-17-10)4-3-5-12/h3-7H2,1-2H3. The van der Waals surface area contributed by atoms with Gasteiger partial charge in [-0.3, -0.25) is 0 Å². The summed E-state index contributed by atoms with van der Waals surface area (Å²) in [5, 5.41) is 8.43. The number of halogens is 1. The number of nitrogens with zero attached hydrogens (tertiary/aromatic N) is 3. The first-order chi connectivity index (χ1) is 8.11. The van der Waals surface area contributed by atoms with E-state index in [-0.39, 0.29) is 0 Å². The first-order valence-electron chi connectivity index (χ1n) is 5.98. The van der Waals surface area contributed by atoms with Crippen LogP contribution in [0.4, 0.5) is 5.69 Å². The summed E-state index contributed by atoms with van der Waals surface area (Å²) >= 11 is 6.14. The van der Waals surface area contributed by atoms with Crippen LogP contribution in [0, 0.1) is 12.3 Å². The summed E-state index contributed by atoms with van der Waals surface area (Å²) in [7, 11) is 2.06. The first-order valence-corrected chi connectivity index (χ1v) is 6.36. The molecule has 0 radical (unpaired) electrons. The number of rotatable bonds is 0. The molecule has 0 N–H and O–H groups in total. The van der Waals surface area contributed by atoms with Gasteiger partial charge in [-0.15, -0.1) is 5.10 Å². The van der Waals surface area contributed by atoms with E-state index in [2.05, 4.69) is 22.1 Å². The minimum absolute atomic E-state index is 0.309. The maximum Gasteiger partial charge on any atom is 0.178 e. The average Bonchev–Trinajstić information content (AvgIpc) is 2.41. The van der Waals surface area contributed by atoms with Crippen LogP contribution in [0.3, 0.4) is 0 Å². The Morgan fingerprint density at radius 1 is 1.35 bits per heavy atom. The zero-order valence-corrected chi connectivity index (χ0v) is 10.9. The molecule has 5 heteroatoms. The van der Waals surface area contributed by atoms with E-state index >= 15 is 0 Å². The summed E-state index contributed by atoms with van der Waals surface area (Å²) < 4.78 is 5.96. The van der Waals surface area contributed by atoms with Crippen molar-refractivity contribution in [2.45, 2.75) is 26.2 Å². The van der Waals surface area contributed by atoms with E-state index in [4.69, 9.17) is 16.3 Å². The molecule has 0 unspecified atom stereocenters. The molecule has 1 aromatic heterocycles. The van der Waals surface area contributed by atoms with Crippen molar-refractivity contribution in [3.05, 3.63) is 10.8 Å². The fourth-order valence-corrected chi connectivity index (χ4v) is 3.08. The molecule has 1 saturated carbocycles. The van der Waals surface area contributed by atoms with Crippen LogP contribution < -0.4 is 9.64 Å². The second-order valence-electron chi connectivity index (χ2n) is 5.25. The summed E-state index contributed by atoms with van der Waals surface area (Å²) in [6, 6.07) is 0. The highest BCUT2D eigenvalue weighted by Crippen LogP contribution is 2.47. The lowest BCUT2D eigenvalue weighted by molar-refractivity contribution is 0.0719. The first kappa shape index (κ1) is 11.1. The maximum absolute atomic E-state index is 6.14. The van der Waals surface area contributed by atoms with Crippen LogP contribution in [0.5, 0.6) is 5.75 Å². The summed E-state index contributed by atoms with van der Waals surface area (Å²) in [5.41, 5.74) is 2.01. The van der Waals surface area contributed by atoms with Gasteiger partial charge in [-0.1, -0.05) is 18.0 Å². The smallest absolute Gasteiger partial charge is 0.178 e. The predicted molar refractivity (Wildman–Crippen MR) is 66.8 cm³/mol. The van der Waals surface area contributed by atoms with Gasteiger partial charge in [-0.2, -0.15) is 5.10 Å². The van der Waals surface area contributed by atoms with E-state index < -0.39 is 0 Å². The zero-order valence-electron chi connectivity index (χ0n) is 10.2. The number of aromatic nitrogens is 2. The molecule has 2 aliphatic rings. The normalized spacial score (nSPS) is 21.5. The number of hydrogen-bond acceptors (Lipinski definition) is 4. The largest absolute Gasteiger partial charge is 0.489 e. The molecular formula is C12H16ClN3O. The molecule has 4 nitrogen and oxygen atoms in total. The van der Waals surface area contributed by atoms with Crippen LogP contribution in [0.2, 0.25) is 5.15 Å². The molecule has 0 bridgehead atoms. The van der Waals surface area contributed by atoms with Gasteiger partial charge >= 0.3 is 0 Å². The van der Waals surface area contributed by atoms with Crippen molar-refractivity contribution in [3.63, 3.8) is 0 Å². The Kier molecular flexibility index (Phi) is 2.43. The van der Waals surface area contributed by atoms with Gasteiger partial charge in [0.25, 0.3) is 0 Å². The van der Waals surface area contributed by atoms with Crippen molar-refractivity contribution in [3.8, 4) is 5.75 Å². The van der Waals surface area contributed by atoms with Crippen LogP contribution in [0.15, 0.2) is 0 Å². The molecule has 0 aromatic carbocycles. The fraction of sp³-hybridized carbons (Fsp3) is 0.667. The summed E-state index contributed by atoms with van der Waals surface area (Å²) in [6.45, 7) is 3.67. The molecule has 0 atom stereocenters. The van der Waals surface area contributed by atoms with E-state index in [1.807, 2.05) is 6.92 Å². The van der Waals surface area contributed by atoms with E-state index in [1.54, 1.807) is 0 Å². The number of fused-ring (bicyclic) bond motifs is 1.